The van der Waals surface area contributed by atoms with Gasteiger partial charge < -0.3 is 9.90 Å². The van der Waals surface area contributed by atoms with Crippen LogP contribution in [-0.4, -0.2) is 39.5 Å². The Morgan fingerprint density at radius 3 is 3.00 bits per heavy atom. The van der Waals surface area contributed by atoms with Crippen LogP contribution in [0.1, 0.15) is 16.8 Å². The second-order valence-electron chi connectivity index (χ2n) is 4.09. The van der Waals surface area contributed by atoms with Crippen LogP contribution in [0.4, 0.5) is 0 Å². The molecule has 0 bridgehead atoms. The first kappa shape index (κ1) is 14.3. The molecule has 7 heteroatoms. The minimum absolute atomic E-state index is 0.0282. The van der Waals surface area contributed by atoms with Gasteiger partial charge in [0.1, 0.15) is 5.03 Å². The lowest BCUT2D eigenvalue weighted by Gasteiger charge is -2.13. The Balaban J connectivity index is 2.19. The monoisotopic (exact) mass is 291 g/mol. The van der Waals surface area contributed by atoms with E-state index in [2.05, 4.69) is 11.6 Å². The summed E-state index contributed by atoms with van der Waals surface area (Å²) < 4.78 is 0. The molecule has 0 saturated carbocycles. The summed E-state index contributed by atoms with van der Waals surface area (Å²) in [6, 6.07) is 2.83. The Morgan fingerprint density at radius 1 is 1.60 bits per heavy atom. The predicted molar refractivity (Wildman–Crippen MR) is 69.7 cm³/mol. The number of imide groups is 1. The van der Waals surface area contributed by atoms with Gasteiger partial charge >= 0.3 is 0 Å². The summed E-state index contributed by atoms with van der Waals surface area (Å²) in [5, 5.41) is 10.5. The Hall–Kier alpha value is -2.15. The molecule has 1 aromatic heterocycles. The fourth-order valence-electron chi connectivity index (χ4n) is 1.84. The maximum atomic E-state index is 12.0. The first-order valence-electron chi connectivity index (χ1n) is 5.82. The number of thioether (sulfide) groups is 1. The highest BCUT2D eigenvalue weighted by Gasteiger charge is 2.38. The van der Waals surface area contributed by atoms with Gasteiger partial charge in [-0.1, -0.05) is 17.8 Å². The van der Waals surface area contributed by atoms with E-state index in [4.69, 9.17) is 0 Å². The van der Waals surface area contributed by atoms with Crippen LogP contribution in [0, 0.1) is 0 Å². The summed E-state index contributed by atoms with van der Waals surface area (Å²) in [7, 11) is 0. The van der Waals surface area contributed by atoms with Gasteiger partial charge in [0, 0.05) is 24.7 Å². The number of pyridine rings is 1. The molecule has 20 heavy (non-hydrogen) atoms. The summed E-state index contributed by atoms with van der Waals surface area (Å²) in [5.41, 5.74) is -0.0834. The quantitative estimate of drug-likeness (QED) is 0.553. The lowest BCUT2D eigenvalue weighted by atomic mass is 10.3. The number of amides is 2. The van der Waals surface area contributed by atoms with E-state index in [1.165, 1.54) is 24.4 Å². The molecule has 1 fully saturated rings. The molecule has 0 aromatic carbocycles. The average Bonchev–Trinajstić information content (AvgIpc) is 2.67. The normalized spacial score (nSPS) is 18.4. The molecule has 0 aliphatic carbocycles. The van der Waals surface area contributed by atoms with E-state index in [0.29, 0.717) is 0 Å². The summed E-state index contributed by atoms with van der Waals surface area (Å²) in [6.07, 6.45) is 2.92. The highest BCUT2D eigenvalue weighted by atomic mass is 32.2. The second-order valence-corrected chi connectivity index (χ2v) is 5.28. The molecular weight excluding hydrogens is 280 g/mol. The lowest BCUT2D eigenvalue weighted by molar-refractivity contribution is -0.255. The highest BCUT2D eigenvalue weighted by Crippen LogP contribution is 2.31. The zero-order chi connectivity index (χ0) is 14.7. The molecular formula is C13H11N2O4S-. The topological polar surface area (TPSA) is 90.4 Å². The van der Waals surface area contributed by atoms with Crippen LogP contribution in [-0.2, 0) is 9.59 Å². The second kappa shape index (κ2) is 5.87. The van der Waals surface area contributed by atoms with Crippen molar-refractivity contribution in [2.75, 3.05) is 6.54 Å². The van der Waals surface area contributed by atoms with Crippen LogP contribution >= 0.6 is 11.8 Å². The van der Waals surface area contributed by atoms with Gasteiger partial charge in [0.15, 0.2) is 0 Å². The summed E-state index contributed by atoms with van der Waals surface area (Å²) in [6.45, 7) is 3.65. The van der Waals surface area contributed by atoms with Crippen molar-refractivity contribution < 1.29 is 19.5 Å². The smallest absolute Gasteiger partial charge is 0.243 e. The number of hydrogen-bond donors (Lipinski definition) is 0. The number of hydrogen-bond acceptors (Lipinski definition) is 6. The molecule has 0 spiro atoms. The first-order chi connectivity index (χ1) is 9.54. The third-order valence-corrected chi connectivity index (χ3v) is 3.96. The van der Waals surface area contributed by atoms with Crippen molar-refractivity contribution in [3.8, 4) is 0 Å². The van der Waals surface area contributed by atoms with Gasteiger partial charge in [0.05, 0.1) is 11.2 Å². The molecule has 1 aliphatic rings. The Labute approximate surface area is 119 Å². The molecule has 1 aromatic rings. The molecule has 0 radical (unpaired) electrons. The molecule has 1 saturated heterocycles. The SMILES string of the molecule is C=CCN1C(=O)C[C@@H](Sc2ncccc2C(=O)[O-])C1=O. The van der Waals surface area contributed by atoms with E-state index < -0.39 is 11.2 Å². The third-order valence-electron chi connectivity index (χ3n) is 2.76. The van der Waals surface area contributed by atoms with Crippen molar-refractivity contribution in [3.63, 3.8) is 0 Å². The minimum atomic E-state index is -1.36. The van der Waals surface area contributed by atoms with Crippen molar-refractivity contribution in [2.24, 2.45) is 0 Å². The maximum Gasteiger partial charge on any atom is 0.243 e. The first-order valence-corrected chi connectivity index (χ1v) is 6.70. The fourth-order valence-corrected chi connectivity index (χ4v) is 2.96. The van der Waals surface area contributed by atoms with Gasteiger partial charge in [0.25, 0.3) is 0 Å². The molecule has 1 atom stereocenters. The number of likely N-dealkylation sites (tertiary alicyclic amines) is 1. The number of aromatic carboxylic acids is 1. The molecule has 0 N–H and O–H groups in total. The van der Waals surface area contributed by atoms with Gasteiger partial charge in [-0.2, -0.15) is 0 Å². The molecule has 104 valence electrons. The van der Waals surface area contributed by atoms with Crippen molar-refractivity contribution in [2.45, 2.75) is 16.7 Å². The number of aromatic nitrogens is 1. The van der Waals surface area contributed by atoms with Gasteiger partial charge in [-0.15, -0.1) is 6.58 Å². The molecule has 0 unspecified atom stereocenters. The van der Waals surface area contributed by atoms with E-state index in [0.717, 1.165) is 16.7 Å². The van der Waals surface area contributed by atoms with Gasteiger partial charge in [-0.25, -0.2) is 4.98 Å². The standard InChI is InChI=1S/C13H12N2O4S/c1-2-6-15-10(16)7-9(12(15)17)20-11-8(13(18)19)4-3-5-14-11/h2-5,9H,1,6-7H2,(H,18,19)/p-1/t9-/m1/s1. The lowest BCUT2D eigenvalue weighted by Crippen LogP contribution is -2.31. The van der Waals surface area contributed by atoms with Crippen molar-refractivity contribution in [3.05, 3.63) is 36.5 Å². The molecule has 6 nitrogen and oxygen atoms in total. The molecule has 2 rings (SSSR count). The van der Waals surface area contributed by atoms with Crippen LogP contribution in [0.25, 0.3) is 0 Å². The number of nitrogens with zero attached hydrogens (tertiary/aromatic N) is 2. The fraction of sp³-hybridized carbons (Fsp3) is 0.231. The Bertz CT molecular complexity index is 587. The third kappa shape index (κ3) is 2.72. The van der Waals surface area contributed by atoms with Gasteiger partial charge in [0.2, 0.25) is 11.8 Å². The van der Waals surface area contributed by atoms with Crippen molar-refractivity contribution in [1.82, 2.24) is 9.88 Å². The minimum Gasteiger partial charge on any atom is -0.545 e. The number of carbonyl (C=O) groups excluding carboxylic acids is 3. The number of carboxylic acids is 1. The van der Waals surface area contributed by atoms with Crippen LogP contribution in [0.5, 0.6) is 0 Å². The Morgan fingerprint density at radius 2 is 2.35 bits per heavy atom. The average molecular weight is 291 g/mol. The largest absolute Gasteiger partial charge is 0.545 e. The van der Waals surface area contributed by atoms with E-state index in [-0.39, 0.29) is 35.4 Å². The predicted octanol–water partition coefficient (Wildman–Crippen LogP) is -0.149. The van der Waals surface area contributed by atoms with Crippen LogP contribution in [0.2, 0.25) is 0 Å². The van der Waals surface area contributed by atoms with Crippen LogP contribution in [0.15, 0.2) is 36.0 Å². The van der Waals surface area contributed by atoms with E-state index in [1.807, 2.05) is 0 Å². The highest BCUT2D eigenvalue weighted by molar-refractivity contribution is 8.00. The number of carboxylic acid groups (broad SMARTS) is 1. The van der Waals surface area contributed by atoms with Gasteiger partial charge in [-0.3, -0.25) is 14.5 Å². The molecule has 2 heterocycles. The maximum absolute atomic E-state index is 12.0. The van der Waals surface area contributed by atoms with E-state index in [9.17, 15) is 19.5 Å². The van der Waals surface area contributed by atoms with Crippen LogP contribution < -0.4 is 5.11 Å². The van der Waals surface area contributed by atoms with E-state index >= 15 is 0 Å². The zero-order valence-electron chi connectivity index (χ0n) is 10.4. The molecule has 1 aliphatic heterocycles. The van der Waals surface area contributed by atoms with Crippen molar-refractivity contribution in [1.29, 1.82) is 0 Å². The number of carbonyl (C=O) groups is 3. The summed E-state index contributed by atoms with van der Waals surface area (Å²) in [4.78, 5) is 39.7. The zero-order valence-corrected chi connectivity index (χ0v) is 11.3. The van der Waals surface area contributed by atoms with Crippen molar-refractivity contribution >= 4 is 29.5 Å². The molecule has 2 amide bonds. The van der Waals surface area contributed by atoms with E-state index in [1.54, 1.807) is 0 Å². The number of rotatable bonds is 5. The van der Waals surface area contributed by atoms with Crippen LogP contribution in [0.3, 0.4) is 0 Å². The van der Waals surface area contributed by atoms with Gasteiger partial charge in [-0.05, 0) is 12.1 Å². The summed E-state index contributed by atoms with van der Waals surface area (Å²) in [5.74, 6) is -2.01. The Kier molecular flexibility index (Phi) is 4.19. The summed E-state index contributed by atoms with van der Waals surface area (Å²) >= 11 is 0.969.